The van der Waals surface area contributed by atoms with Gasteiger partial charge in [-0.1, -0.05) is 11.6 Å². The van der Waals surface area contributed by atoms with Crippen LogP contribution in [0.1, 0.15) is 33.1 Å². The lowest BCUT2D eigenvalue weighted by Crippen LogP contribution is -2.54. The van der Waals surface area contributed by atoms with Crippen molar-refractivity contribution in [3.05, 3.63) is 12.4 Å². The van der Waals surface area contributed by atoms with E-state index < -0.39 is 0 Å². The molecule has 0 N–H and O–H groups in total. The molecular formula is C14H24ClN5S. The number of fused-ring (bicyclic) bond motifs is 1. The summed E-state index contributed by atoms with van der Waals surface area (Å²) < 4.78 is 0. The van der Waals surface area contributed by atoms with E-state index in [1.807, 2.05) is 18.3 Å². The molecule has 118 valence electrons. The van der Waals surface area contributed by atoms with Gasteiger partial charge in [-0.3, -0.25) is 9.91 Å². The minimum atomic E-state index is -0.0806. The summed E-state index contributed by atoms with van der Waals surface area (Å²) in [6.45, 7) is 4.55. The third kappa shape index (κ3) is 3.01. The zero-order valence-electron chi connectivity index (χ0n) is 13.1. The summed E-state index contributed by atoms with van der Waals surface area (Å²) in [5.41, 5.74) is 0. The highest BCUT2D eigenvalue weighted by Crippen LogP contribution is 2.29. The molecule has 5 nitrogen and oxygen atoms in total. The van der Waals surface area contributed by atoms with E-state index in [0.29, 0.717) is 17.3 Å². The molecule has 1 fully saturated rings. The zero-order chi connectivity index (χ0) is 15.6. The molecule has 0 aliphatic carbocycles. The standard InChI is InChI=1S/C13H20ClN5.CH4S/c1-9-5-4-6-10(2)19(9)13-16-17(3)12-11(14)15-7-8-18(12)13;1-2/h7-10,12H,4-6H2,1-3H3;2H,1H3/t9-,10-,12?;/m0./s1. The molecule has 3 aliphatic rings. The van der Waals surface area contributed by atoms with Crippen molar-refractivity contribution in [2.45, 2.75) is 51.4 Å². The molecular weight excluding hydrogens is 306 g/mol. The van der Waals surface area contributed by atoms with Gasteiger partial charge in [-0.2, -0.15) is 12.6 Å². The van der Waals surface area contributed by atoms with Crippen LogP contribution in [-0.2, 0) is 0 Å². The number of hydrazone groups is 1. The maximum absolute atomic E-state index is 6.21. The minimum absolute atomic E-state index is 0.0806. The van der Waals surface area contributed by atoms with E-state index >= 15 is 0 Å². The fraction of sp³-hybridized carbons (Fsp3) is 0.714. The van der Waals surface area contributed by atoms with E-state index in [-0.39, 0.29) is 6.17 Å². The number of halogens is 1. The summed E-state index contributed by atoms with van der Waals surface area (Å²) in [6.07, 6.45) is 9.06. The van der Waals surface area contributed by atoms with Crippen molar-refractivity contribution in [2.75, 3.05) is 13.3 Å². The maximum atomic E-state index is 6.21. The van der Waals surface area contributed by atoms with Gasteiger partial charge in [0.2, 0.25) is 5.96 Å². The minimum Gasteiger partial charge on any atom is -0.336 e. The van der Waals surface area contributed by atoms with Crippen LogP contribution in [-0.4, -0.2) is 57.5 Å². The Morgan fingerprint density at radius 3 is 2.48 bits per heavy atom. The second kappa shape index (κ2) is 6.92. The Hall–Kier alpha value is -0.880. The predicted octanol–water partition coefficient (Wildman–Crippen LogP) is 2.76. The fourth-order valence-corrected chi connectivity index (χ4v) is 3.50. The van der Waals surface area contributed by atoms with Crippen LogP contribution < -0.4 is 0 Å². The lowest BCUT2D eigenvalue weighted by atomic mass is 9.98. The van der Waals surface area contributed by atoms with Crippen molar-refractivity contribution in [1.29, 1.82) is 0 Å². The Morgan fingerprint density at radius 1 is 1.24 bits per heavy atom. The number of nitrogens with zero attached hydrogens (tertiary/aromatic N) is 5. The number of likely N-dealkylation sites (tertiary alicyclic amines) is 1. The number of guanidine groups is 1. The Balaban J connectivity index is 0.000000774. The average molecular weight is 330 g/mol. The van der Waals surface area contributed by atoms with Crippen LogP contribution in [0.5, 0.6) is 0 Å². The van der Waals surface area contributed by atoms with Gasteiger partial charge in [-0.05, 0) is 39.4 Å². The highest BCUT2D eigenvalue weighted by Gasteiger charge is 2.41. The SMILES string of the molecule is CS.C[C@H]1CCC[C@H](C)N1C1=NN(C)C2C(Cl)=NC=CN12. The molecule has 0 amide bonds. The van der Waals surface area contributed by atoms with Crippen LogP contribution in [0.15, 0.2) is 22.5 Å². The molecule has 1 unspecified atom stereocenters. The van der Waals surface area contributed by atoms with Crippen molar-refractivity contribution in [3.63, 3.8) is 0 Å². The van der Waals surface area contributed by atoms with Crippen LogP contribution in [0.25, 0.3) is 0 Å². The summed E-state index contributed by atoms with van der Waals surface area (Å²) in [7, 11) is 1.95. The molecule has 0 aromatic carbocycles. The Kier molecular flexibility index (Phi) is 5.43. The molecule has 1 saturated heterocycles. The van der Waals surface area contributed by atoms with Crippen LogP contribution in [0.3, 0.4) is 0 Å². The molecule has 0 bridgehead atoms. The third-order valence-corrected chi connectivity index (χ3v) is 4.45. The van der Waals surface area contributed by atoms with E-state index in [2.05, 4.69) is 41.3 Å². The highest BCUT2D eigenvalue weighted by molar-refractivity contribution is 7.79. The molecule has 7 heteroatoms. The second-order valence-corrected chi connectivity index (χ2v) is 5.93. The van der Waals surface area contributed by atoms with Crippen molar-refractivity contribution in [1.82, 2.24) is 14.8 Å². The summed E-state index contributed by atoms with van der Waals surface area (Å²) in [4.78, 5) is 8.70. The first kappa shape index (κ1) is 16.5. The molecule has 0 spiro atoms. The molecule has 3 aliphatic heterocycles. The largest absolute Gasteiger partial charge is 0.336 e. The van der Waals surface area contributed by atoms with Gasteiger partial charge in [0.1, 0.15) is 0 Å². The first-order valence-electron chi connectivity index (χ1n) is 7.32. The van der Waals surface area contributed by atoms with Gasteiger partial charge in [0, 0.05) is 31.5 Å². The molecule has 3 heterocycles. The Morgan fingerprint density at radius 2 is 1.86 bits per heavy atom. The maximum Gasteiger partial charge on any atom is 0.225 e. The van der Waals surface area contributed by atoms with E-state index in [9.17, 15) is 0 Å². The second-order valence-electron chi connectivity index (χ2n) is 5.54. The lowest BCUT2D eigenvalue weighted by Gasteiger charge is -2.42. The molecule has 0 aromatic rings. The molecule has 21 heavy (non-hydrogen) atoms. The highest BCUT2D eigenvalue weighted by atomic mass is 35.5. The number of hydrogen-bond acceptors (Lipinski definition) is 6. The van der Waals surface area contributed by atoms with Crippen molar-refractivity contribution < 1.29 is 0 Å². The first-order chi connectivity index (χ1) is 10.1. The molecule has 3 rings (SSSR count). The lowest BCUT2D eigenvalue weighted by molar-refractivity contribution is 0.172. The van der Waals surface area contributed by atoms with Gasteiger partial charge in [0.05, 0.1) is 0 Å². The molecule has 0 radical (unpaired) electrons. The smallest absolute Gasteiger partial charge is 0.225 e. The number of rotatable bonds is 0. The van der Waals surface area contributed by atoms with E-state index in [1.165, 1.54) is 19.3 Å². The monoisotopic (exact) mass is 329 g/mol. The Bertz CT molecular complexity index is 454. The van der Waals surface area contributed by atoms with Crippen LogP contribution in [0.4, 0.5) is 0 Å². The van der Waals surface area contributed by atoms with Gasteiger partial charge in [-0.15, -0.1) is 5.10 Å². The average Bonchev–Trinajstić information content (AvgIpc) is 2.79. The number of aliphatic imine (C=N–C) groups is 1. The van der Waals surface area contributed by atoms with E-state index in [0.717, 1.165) is 5.96 Å². The van der Waals surface area contributed by atoms with Crippen molar-refractivity contribution in [2.24, 2.45) is 10.1 Å². The van der Waals surface area contributed by atoms with Crippen LogP contribution in [0.2, 0.25) is 0 Å². The molecule has 0 aromatic heterocycles. The van der Waals surface area contributed by atoms with E-state index in [1.54, 1.807) is 12.5 Å². The Labute approximate surface area is 137 Å². The van der Waals surface area contributed by atoms with Gasteiger partial charge < -0.3 is 4.90 Å². The third-order valence-electron chi connectivity index (χ3n) is 4.16. The number of piperidine rings is 1. The van der Waals surface area contributed by atoms with Gasteiger partial charge in [0.15, 0.2) is 11.3 Å². The fourth-order valence-electron chi connectivity index (χ4n) is 3.20. The summed E-state index contributed by atoms with van der Waals surface area (Å²) >= 11 is 9.74. The summed E-state index contributed by atoms with van der Waals surface area (Å²) in [6, 6.07) is 1.03. The van der Waals surface area contributed by atoms with Gasteiger partial charge in [-0.25, -0.2) is 4.99 Å². The topological polar surface area (TPSA) is 34.4 Å². The zero-order valence-corrected chi connectivity index (χ0v) is 14.7. The summed E-state index contributed by atoms with van der Waals surface area (Å²) in [5.74, 6) is 0.997. The molecule has 3 atom stereocenters. The van der Waals surface area contributed by atoms with Crippen molar-refractivity contribution in [3.8, 4) is 0 Å². The number of hydrogen-bond donors (Lipinski definition) is 1. The van der Waals surface area contributed by atoms with Gasteiger partial charge >= 0.3 is 0 Å². The van der Waals surface area contributed by atoms with Crippen LogP contribution in [0, 0.1) is 0 Å². The van der Waals surface area contributed by atoms with Crippen molar-refractivity contribution >= 4 is 35.4 Å². The van der Waals surface area contributed by atoms with Gasteiger partial charge in [0.25, 0.3) is 0 Å². The first-order valence-corrected chi connectivity index (χ1v) is 8.59. The van der Waals surface area contributed by atoms with E-state index in [4.69, 9.17) is 16.7 Å². The number of thiol groups is 1. The normalized spacial score (nSPS) is 31.3. The summed E-state index contributed by atoms with van der Waals surface area (Å²) in [5, 5.41) is 7.15. The molecule has 0 saturated carbocycles. The predicted molar refractivity (Wildman–Crippen MR) is 92.8 cm³/mol. The quantitative estimate of drug-likeness (QED) is 0.694. The van der Waals surface area contributed by atoms with Crippen LogP contribution >= 0.6 is 24.2 Å².